The number of carbonyl (C=O) groups is 2. The molecule has 0 aliphatic carbocycles. The molecule has 7 nitrogen and oxygen atoms in total. The van der Waals surface area contributed by atoms with Gasteiger partial charge in [0.1, 0.15) is 17.5 Å². The first-order chi connectivity index (χ1) is 12.6. The number of rotatable bonds is 6. The van der Waals surface area contributed by atoms with Crippen molar-refractivity contribution in [2.45, 2.75) is 11.8 Å². The lowest BCUT2D eigenvalue weighted by molar-refractivity contribution is -0.113. The molecule has 2 atom stereocenters. The minimum absolute atomic E-state index is 0.257. The maximum atomic E-state index is 13.0. The Bertz CT molecular complexity index is 895. The predicted molar refractivity (Wildman–Crippen MR) is 94.8 cm³/mol. The first-order valence-electron chi connectivity index (χ1n) is 7.64. The van der Waals surface area contributed by atoms with E-state index in [1.807, 2.05) is 17.6 Å². The maximum Gasteiger partial charge on any atom is 0.332 e. The first kappa shape index (κ1) is 18.4. The van der Waals surface area contributed by atoms with Crippen molar-refractivity contribution >= 4 is 17.5 Å². The fourth-order valence-electron chi connectivity index (χ4n) is 2.39. The topological polar surface area (TPSA) is 132 Å². The lowest BCUT2D eigenvalue weighted by Crippen LogP contribution is -2.32. The molecular weight excluding hydrogens is 330 g/mol. The van der Waals surface area contributed by atoms with E-state index in [4.69, 9.17) is 5.73 Å². The molecule has 0 bridgehead atoms. The number of primary amides is 1. The predicted octanol–water partition coefficient (Wildman–Crippen LogP) is 2.19. The average Bonchev–Trinajstić information content (AvgIpc) is 2.67. The average molecular weight is 345 g/mol. The largest absolute Gasteiger partial charge is 0.350 e. The zero-order valence-corrected chi connectivity index (χ0v) is 13.7. The summed E-state index contributed by atoms with van der Waals surface area (Å²) >= 11 is 0. The van der Waals surface area contributed by atoms with Crippen LogP contribution in [0, 0.1) is 22.7 Å². The van der Waals surface area contributed by atoms with Crippen LogP contribution >= 0.6 is 0 Å². The number of nitrogens with one attached hydrogen (secondary N) is 1. The summed E-state index contributed by atoms with van der Waals surface area (Å²) in [7, 11) is 0. The van der Waals surface area contributed by atoms with Gasteiger partial charge in [0.05, 0.1) is 12.1 Å². The smallest absolute Gasteiger partial charge is 0.332 e. The van der Waals surface area contributed by atoms with Gasteiger partial charge in [0, 0.05) is 0 Å². The van der Waals surface area contributed by atoms with E-state index >= 15 is 0 Å². The third kappa shape index (κ3) is 4.31. The third-order valence-electron chi connectivity index (χ3n) is 3.60. The standard InChI is InChI=1S/C19H15N5O2/c20-11-15(13-7-3-1-4-8-13)17(23-24-19(22)26)18(25)16(12-21)14-9-5-2-6-10-14/h1-10,15-16H,(H3,22,24,26)/b23-17-/t15-,16-/m0/s1. The van der Waals surface area contributed by atoms with Crippen LogP contribution in [0.2, 0.25) is 0 Å². The van der Waals surface area contributed by atoms with Crippen molar-refractivity contribution in [1.82, 2.24) is 5.43 Å². The molecule has 0 fully saturated rings. The van der Waals surface area contributed by atoms with Crippen LogP contribution in [-0.4, -0.2) is 17.5 Å². The highest BCUT2D eigenvalue weighted by Crippen LogP contribution is 2.23. The van der Waals surface area contributed by atoms with E-state index in [0.29, 0.717) is 11.1 Å². The van der Waals surface area contributed by atoms with E-state index in [9.17, 15) is 20.1 Å². The molecule has 2 amide bonds. The number of benzene rings is 2. The van der Waals surface area contributed by atoms with Crippen LogP contribution in [0.5, 0.6) is 0 Å². The van der Waals surface area contributed by atoms with Crippen LogP contribution in [0.25, 0.3) is 0 Å². The molecule has 0 saturated heterocycles. The van der Waals surface area contributed by atoms with E-state index in [2.05, 4.69) is 5.10 Å². The second-order valence-electron chi connectivity index (χ2n) is 5.28. The molecule has 0 aliphatic rings. The first-order valence-corrected chi connectivity index (χ1v) is 7.64. The second-order valence-corrected chi connectivity index (χ2v) is 5.28. The van der Waals surface area contributed by atoms with Crippen LogP contribution in [-0.2, 0) is 4.79 Å². The van der Waals surface area contributed by atoms with E-state index in [1.165, 1.54) is 0 Å². The lowest BCUT2D eigenvalue weighted by atomic mass is 9.86. The Morgan fingerprint density at radius 2 is 1.35 bits per heavy atom. The summed E-state index contributed by atoms with van der Waals surface area (Å²) in [4.78, 5) is 24.0. The number of nitrogens with two attached hydrogens (primary N) is 1. The number of hydrazone groups is 1. The fourth-order valence-corrected chi connectivity index (χ4v) is 2.39. The van der Waals surface area contributed by atoms with E-state index < -0.39 is 23.7 Å². The highest BCUT2D eigenvalue weighted by molar-refractivity contribution is 6.44. The zero-order chi connectivity index (χ0) is 18.9. The van der Waals surface area contributed by atoms with Crippen LogP contribution in [0.4, 0.5) is 4.79 Å². The van der Waals surface area contributed by atoms with Crippen LogP contribution < -0.4 is 11.2 Å². The van der Waals surface area contributed by atoms with E-state index in [-0.39, 0.29) is 5.71 Å². The van der Waals surface area contributed by atoms with Crippen LogP contribution in [0.1, 0.15) is 23.0 Å². The molecule has 0 unspecified atom stereocenters. The number of Topliss-reactive ketones (excluding diaryl/α,β-unsaturated/α-hetero) is 1. The summed E-state index contributed by atoms with van der Waals surface area (Å²) in [6, 6.07) is 19.9. The van der Waals surface area contributed by atoms with Gasteiger partial charge in [-0.2, -0.15) is 15.6 Å². The van der Waals surface area contributed by atoms with Gasteiger partial charge in [-0.05, 0) is 11.1 Å². The van der Waals surface area contributed by atoms with Gasteiger partial charge in [-0.25, -0.2) is 10.2 Å². The van der Waals surface area contributed by atoms with Crippen molar-refractivity contribution in [3.63, 3.8) is 0 Å². The Morgan fingerprint density at radius 3 is 1.77 bits per heavy atom. The molecule has 2 rings (SSSR count). The summed E-state index contributed by atoms with van der Waals surface area (Å²) in [5.41, 5.74) is 7.74. The molecule has 0 spiro atoms. The molecule has 0 aromatic heterocycles. The number of carbonyl (C=O) groups excluding carboxylic acids is 2. The molecule has 2 aromatic rings. The minimum Gasteiger partial charge on any atom is -0.350 e. The number of ketones is 1. The van der Waals surface area contributed by atoms with Gasteiger partial charge in [0.25, 0.3) is 0 Å². The fraction of sp³-hybridized carbons (Fsp3) is 0.105. The van der Waals surface area contributed by atoms with Crippen molar-refractivity contribution in [2.75, 3.05) is 0 Å². The van der Waals surface area contributed by atoms with Gasteiger partial charge in [-0.15, -0.1) is 0 Å². The number of nitriles is 2. The molecule has 0 aliphatic heterocycles. The van der Waals surface area contributed by atoms with Crippen molar-refractivity contribution in [2.24, 2.45) is 10.8 Å². The van der Waals surface area contributed by atoms with Gasteiger partial charge < -0.3 is 5.73 Å². The van der Waals surface area contributed by atoms with Crippen molar-refractivity contribution in [1.29, 1.82) is 10.5 Å². The molecule has 2 aromatic carbocycles. The van der Waals surface area contributed by atoms with Crippen LogP contribution in [0.3, 0.4) is 0 Å². The summed E-state index contributed by atoms with van der Waals surface area (Å²) < 4.78 is 0. The van der Waals surface area contributed by atoms with Gasteiger partial charge in [0.15, 0.2) is 0 Å². The number of nitrogens with zero attached hydrogens (tertiary/aromatic N) is 3. The van der Waals surface area contributed by atoms with Crippen molar-refractivity contribution < 1.29 is 9.59 Å². The summed E-state index contributed by atoms with van der Waals surface area (Å²) in [6.45, 7) is 0. The zero-order valence-electron chi connectivity index (χ0n) is 13.7. The van der Waals surface area contributed by atoms with Crippen molar-refractivity contribution in [3.8, 4) is 12.1 Å². The van der Waals surface area contributed by atoms with Crippen molar-refractivity contribution in [3.05, 3.63) is 71.8 Å². The summed E-state index contributed by atoms with van der Waals surface area (Å²) in [5.74, 6) is -2.90. The Labute approximate surface area is 150 Å². The number of hydrogen-bond donors (Lipinski definition) is 2. The Balaban J connectivity index is 2.49. The molecule has 26 heavy (non-hydrogen) atoms. The van der Waals surface area contributed by atoms with Crippen LogP contribution in [0.15, 0.2) is 65.8 Å². The summed E-state index contributed by atoms with van der Waals surface area (Å²) in [6.07, 6.45) is 0. The van der Waals surface area contributed by atoms with Gasteiger partial charge in [0.2, 0.25) is 5.78 Å². The van der Waals surface area contributed by atoms with E-state index in [1.54, 1.807) is 60.7 Å². The third-order valence-corrected chi connectivity index (χ3v) is 3.60. The molecule has 7 heteroatoms. The molecular formula is C19H15N5O2. The Kier molecular flexibility index (Phi) is 6.19. The highest BCUT2D eigenvalue weighted by atomic mass is 16.2. The quantitative estimate of drug-likeness (QED) is 0.613. The normalized spacial score (nSPS) is 12.9. The Hall–Kier alpha value is -3.97. The highest BCUT2D eigenvalue weighted by Gasteiger charge is 2.31. The number of hydrogen-bond acceptors (Lipinski definition) is 5. The molecule has 3 N–H and O–H groups in total. The SMILES string of the molecule is N#C[C@H](C(=O)/C(=N\NC(N)=O)[C@@H](C#N)c1ccccc1)c1ccccc1. The Morgan fingerprint density at radius 1 is 0.885 bits per heavy atom. The van der Waals surface area contributed by atoms with Gasteiger partial charge in [-0.3, -0.25) is 4.79 Å². The number of urea groups is 1. The number of amides is 2. The summed E-state index contributed by atoms with van der Waals surface area (Å²) in [5, 5.41) is 22.8. The monoisotopic (exact) mass is 345 g/mol. The second kappa shape index (κ2) is 8.76. The minimum atomic E-state index is -1.16. The van der Waals surface area contributed by atoms with E-state index in [0.717, 1.165) is 0 Å². The maximum absolute atomic E-state index is 13.0. The molecule has 128 valence electrons. The lowest BCUT2D eigenvalue weighted by Gasteiger charge is -2.15. The molecule has 0 heterocycles. The molecule has 0 saturated carbocycles. The van der Waals surface area contributed by atoms with Gasteiger partial charge in [-0.1, -0.05) is 60.7 Å². The molecule has 0 radical (unpaired) electrons. The van der Waals surface area contributed by atoms with Gasteiger partial charge >= 0.3 is 6.03 Å².